The molecule has 0 atom stereocenters. The number of likely N-dealkylation sites (N-methyl/N-ethyl adjacent to an activating group) is 1. The van der Waals surface area contributed by atoms with Gasteiger partial charge in [0.2, 0.25) is 5.96 Å². The molecule has 1 aliphatic heterocycles. The zero-order valence-corrected chi connectivity index (χ0v) is 11.7. The van der Waals surface area contributed by atoms with Crippen LogP contribution in [0.4, 0.5) is 0 Å². The molecule has 0 radical (unpaired) electrons. The van der Waals surface area contributed by atoms with Crippen LogP contribution < -0.4 is 10.5 Å². The van der Waals surface area contributed by atoms with Crippen LogP contribution in [0.15, 0.2) is 35.0 Å². The number of hydrogen-bond donors (Lipinski definition) is 1. The molecule has 1 heterocycles. The zero-order valence-electron chi connectivity index (χ0n) is 11.7. The summed E-state index contributed by atoms with van der Waals surface area (Å²) in [7, 11) is 2.97. The molecule has 21 heavy (non-hydrogen) atoms. The van der Waals surface area contributed by atoms with Crippen molar-refractivity contribution in [2.75, 3.05) is 20.8 Å². The van der Waals surface area contributed by atoms with E-state index in [-0.39, 0.29) is 18.5 Å². The molecule has 7 nitrogen and oxygen atoms in total. The Balaban J connectivity index is 2.06. The Kier molecular flexibility index (Phi) is 4.22. The Labute approximate surface area is 121 Å². The second-order valence-corrected chi connectivity index (χ2v) is 4.30. The van der Waals surface area contributed by atoms with Crippen molar-refractivity contribution in [1.82, 2.24) is 4.90 Å². The molecule has 0 bridgehead atoms. The zero-order chi connectivity index (χ0) is 15.4. The number of benzene rings is 1. The minimum atomic E-state index is -0.452. The number of carbonyl (C=O) groups is 2. The Morgan fingerprint density at radius 2 is 2.05 bits per heavy atom. The van der Waals surface area contributed by atoms with Crippen LogP contribution in [0, 0.1) is 0 Å². The highest BCUT2D eigenvalue weighted by atomic mass is 16.6. The van der Waals surface area contributed by atoms with E-state index in [0.29, 0.717) is 11.4 Å². The topological polar surface area (TPSA) is 94.2 Å². The molecule has 0 aromatic heterocycles. The Morgan fingerprint density at radius 3 is 2.57 bits per heavy atom. The third-order valence-electron chi connectivity index (χ3n) is 2.91. The van der Waals surface area contributed by atoms with Gasteiger partial charge >= 0.3 is 5.97 Å². The number of nitrogens with two attached hydrogens (primary N) is 1. The predicted octanol–water partition coefficient (Wildman–Crippen LogP) is 0.366. The van der Waals surface area contributed by atoms with Crippen LogP contribution in [0.3, 0.4) is 0 Å². The Hall–Kier alpha value is -2.83. The molecular weight excluding hydrogens is 274 g/mol. The smallest absolute Gasteiger partial charge is 0.343 e. The van der Waals surface area contributed by atoms with E-state index in [9.17, 15) is 9.59 Å². The molecule has 2 rings (SSSR count). The first-order valence-corrected chi connectivity index (χ1v) is 6.15. The molecule has 0 spiro atoms. The Bertz CT molecular complexity index is 620. The standard InChI is InChI=1S/C14H15N3O4/c1-17-11(13(19)16-14(17)15)7-9-3-5-10(6-4-9)21-8-12(18)20-2/h3-7H,8H2,1-2H3,(H2,15,16,19)/b11-7+. The number of ether oxygens (including phenoxy) is 2. The molecule has 1 amide bonds. The normalized spacial score (nSPS) is 16.1. The van der Waals surface area contributed by atoms with Gasteiger partial charge in [-0.15, -0.1) is 0 Å². The molecule has 7 heteroatoms. The SMILES string of the molecule is COC(=O)COc1ccc(/C=C2\C(=O)N=C(N)N2C)cc1. The van der Waals surface area contributed by atoms with E-state index in [4.69, 9.17) is 10.5 Å². The van der Waals surface area contributed by atoms with E-state index in [1.165, 1.54) is 12.0 Å². The molecule has 0 aliphatic carbocycles. The molecule has 1 aromatic carbocycles. The molecule has 2 N–H and O–H groups in total. The minimum Gasteiger partial charge on any atom is -0.482 e. The molecule has 110 valence electrons. The number of hydrogen-bond acceptors (Lipinski definition) is 6. The van der Waals surface area contributed by atoms with E-state index >= 15 is 0 Å². The van der Waals surface area contributed by atoms with Crippen LogP contribution in [-0.2, 0) is 14.3 Å². The van der Waals surface area contributed by atoms with Gasteiger partial charge in [-0.05, 0) is 23.8 Å². The van der Waals surface area contributed by atoms with Crippen LogP contribution in [0.25, 0.3) is 6.08 Å². The van der Waals surface area contributed by atoms with Gasteiger partial charge < -0.3 is 20.1 Å². The van der Waals surface area contributed by atoms with Crippen molar-refractivity contribution in [2.45, 2.75) is 0 Å². The van der Waals surface area contributed by atoms with Gasteiger partial charge in [-0.3, -0.25) is 4.79 Å². The van der Waals surface area contributed by atoms with Gasteiger partial charge in [-0.25, -0.2) is 4.79 Å². The fourth-order valence-corrected chi connectivity index (χ4v) is 1.68. The van der Waals surface area contributed by atoms with Gasteiger partial charge in [-0.2, -0.15) is 4.99 Å². The van der Waals surface area contributed by atoms with E-state index in [1.807, 2.05) is 0 Å². The maximum atomic E-state index is 11.6. The molecule has 1 aliphatic rings. The maximum Gasteiger partial charge on any atom is 0.343 e. The summed E-state index contributed by atoms with van der Waals surface area (Å²) < 4.78 is 9.70. The summed E-state index contributed by atoms with van der Waals surface area (Å²) in [6.45, 7) is -0.150. The summed E-state index contributed by atoms with van der Waals surface area (Å²) in [4.78, 5) is 27.8. The second kappa shape index (κ2) is 6.08. The van der Waals surface area contributed by atoms with Crippen molar-refractivity contribution < 1.29 is 19.1 Å². The number of guanidine groups is 1. The van der Waals surface area contributed by atoms with E-state index in [0.717, 1.165) is 5.56 Å². The van der Waals surface area contributed by atoms with Crippen LogP contribution in [0.2, 0.25) is 0 Å². The lowest BCUT2D eigenvalue weighted by Crippen LogP contribution is -2.28. The van der Waals surface area contributed by atoms with Gasteiger partial charge in [0.1, 0.15) is 11.4 Å². The molecule has 1 aromatic rings. The van der Waals surface area contributed by atoms with E-state index in [1.54, 1.807) is 37.4 Å². The highest BCUT2D eigenvalue weighted by Crippen LogP contribution is 2.18. The number of aliphatic imine (C=N–C) groups is 1. The van der Waals surface area contributed by atoms with Gasteiger partial charge in [0.15, 0.2) is 6.61 Å². The first-order chi connectivity index (χ1) is 10.0. The monoisotopic (exact) mass is 289 g/mol. The summed E-state index contributed by atoms with van der Waals surface area (Å²) in [5, 5.41) is 0. The van der Waals surface area contributed by atoms with Crippen molar-refractivity contribution in [2.24, 2.45) is 10.7 Å². The fraction of sp³-hybridized carbons (Fsp3) is 0.214. The highest BCUT2D eigenvalue weighted by molar-refractivity contribution is 6.11. The fourth-order valence-electron chi connectivity index (χ4n) is 1.68. The minimum absolute atomic E-state index is 0.150. The third-order valence-corrected chi connectivity index (χ3v) is 2.91. The molecule has 0 saturated heterocycles. The van der Waals surface area contributed by atoms with Crippen molar-refractivity contribution in [3.8, 4) is 5.75 Å². The van der Waals surface area contributed by atoms with Crippen molar-refractivity contribution in [3.63, 3.8) is 0 Å². The Morgan fingerprint density at radius 1 is 1.38 bits per heavy atom. The molecule has 0 saturated carbocycles. The summed E-state index contributed by atoms with van der Waals surface area (Å²) in [6, 6.07) is 6.91. The summed E-state index contributed by atoms with van der Waals surface area (Å²) >= 11 is 0. The number of rotatable bonds is 4. The number of esters is 1. The lowest BCUT2D eigenvalue weighted by molar-refractivity contribution is -0.142. The quantitative estimate of drug-likeness (QED) is 0.635. The van der Waals surface area contributed by atoms with E-state index < -0.39 is 5.97 Å². The second-order valence-electron chi connectivity index (χ2n) is 4.30. The van der Waals surface area contributed by atoms with Crippen molar-refractivity contribution in [3.05, 3.63) is 35.5 Å². The summed E-state index contributed by atoms with van der Waals surface area (Å²) in [6.07, 6.45) is 1.68. The van der Waals surface area contributed by atoms with Gasteiger partial charge in [0, 0.05) is 7.05 Å². The lowest BCUT2D eigenvalue weighted by Gasteiger charge is -2.11. The lowest BCUT2D eigenvalue weighted by atomic mass is 10.2. The largest absolute Gasteiger partial charge is 0.482 e. The maximum absolute atomic E-state index is 11.6. The highest BCUT2D eigenvalue weighted by Gasteiger charge is 2.23. The summed E-state index contributed by atoms with van der Waals surface area (Å²) in [5.74, 6) is -0.123. The predicted molar refractivity (Wildman–Crippen MR) is 76.3 cm³/mol. The number of nitrogens with zero attached hydrogens (tertiary/aromatic N) is 2. The van der Waals surface area contributed by atoms with Gasteiger partial charge in [-0.1, -0.05) is 12.1 Å². The van der Waals surface area contributed by atoms with E-state index in [2.05, 4.69) is 9.73 Å². The number of amides is 1. The molecule has 0 fully saturated rings. The summed E-state index contributed by atoms with van der Waals surface area (Å²) in [5.41, 5.74) is 6.76. The van der Waals surface area contributed by atoms with Crippen LogP contribution >= 0.6 is 0 Å². The first-order valence-electron chi connectivity index (χ1n) is 6.15. The molecule has 0 unspecified atom stereocenters. The number of carbonyl (C=O) groups excluding carboxylic acids is 2. The third kappa shape index (κ3) is 3.38. The first kappa shape index (κ1) is 14.6. The average Bonchev–Trinajstić information content (AvgIpc) is 2.72. The van der Waals surface area contributed by atoms with Crippen LogP contribution in [-0.4, -0.2) is 43.5 Å². The molecular formula is C14H15N3O4. The number of methoxy groups -OCH3 is 1. The van der Waals surface area contributed by atoms with Gasteiger partial charge in [0.25, 0.3) is 5.91 Å². The van der Waals surface area contributed by atoms with Crippen molar-refractivity contribution in [1.29, 1.82) is 0 Å². The van der Waals surface area contributed by atoms with Crippen LogP contribution in [0.5, 0.6) is 5.75 Å². The van der Waals surface area contributed by atoms with Crippen molar-refractivity contribution >= 4 is 23.9 Å². The van der Waals surface area contributed by atoms with Crippen LogP contribution in [0.1, 0.15) is 5.56 Å². The average molecular weight is 289 g/mol. The van der Waals surface area contributed by atoms with Gasteiger partial charge in [0.05, 0.1) is 7.11 Å².